The van der Waals surface area contributed by atoms with Crippen molar-refractivity contribution in [3.05, 3.63) is 70.4 Å². The number of hydrogen-bond acceptors (Lipinski definition) is 4. The number of nitrogens with zero attached hydrogens (tertiary/aromatic N) is 3. The Balaban J connectivity index is 1.75. The molecule has 3 heterocycles. The third-order valence-electron chi connectivity index (χ3n) is 4.87. The van der Waals surface area contributed by atoms with Crippen LogP contribution in [0.15, 0.2) is 53.0 Å². The fourth-order valence-electron chi connectivity index (χ4n) is 3.48. The van der Waals surface area contributed by atoms with E-state index in [0.717, 1.165) is 22.4 Å². The van der Waals surface area contributed by atoms with Crippen LogP contribution in [-0.2, 0) is 30.0 Å². The SMILES string of the molecule is CCc1ccc(S(=O)(=O)N2Cc3ccccc3C(c3cnn(C)c3)C2)s1. The predicted molar refractivity (Wildman–Crippen MR) is 103 cm³/mol. The summed E-state index contributed by atoms with van der Waals surface area (Å²) < 4.78 is 30.2. The van der Waals surface area contributed by atoms with Gasteiger partial charge in [0.05, 0.1) is 6.20 Å². The quantitative estimate of drug-likeness (QED) is 0.690. The van der Waals surface area contributed by atoms with Gasteiger partial charge in [0.25, 0.3) is 10.0 Å². The number of sulfonamides is 1. The highest BCUT2D eigenvalue weighted by Crippen LogP contribution is 2.36. The molecule has 0 amide bonds. The van der Waals surface area contributed by atoms with Gasteiger partial charge in [-0.1, -0.05) is 31.2 Å². The van der Waals surface area contributed by atoms with Gasteiger partial charge in [0, 0.05) is 37.1 Å². The van der Waals surface area contributed by atoms with Gasteiger partial charge in [0.15, 0.2) is 0 Å². The molecule has 7 heteroatoms. The number of benzene rings is 1. The highest BCUT2D eigenvalue weighted by Gasteiger charge is 2.35. The normalized spacial score (nSPS) is 18.0. The maximum atomic E-state index is 13.2. The third kappa shape index (κ3) is 3.00. The molecule has 5 nitrogen and oxygen atoms in total. The lowest BCUT2D eigenvalue weighted by Crippen LogP contribution is -2.38. The molecular formula is C19H21N3O2S2. The van der Waals surface area contributed by atoms with Crippen LogP contribution >= 0.6 is 11.3 Å². The van der Waals surface area contributed by atoms with E-state index >= 15 is 0 Å². The lowest BCUT2D eigenvalue weighted by Gasteiger charge is -2.33. The van der Waals surface area contributed by atoms with Gasteiger partial charge in [0.1, 0.15) is 4.21 Å². The van der Waals surface area contributed by atoms with E-state index in [2.05, 4.69) is 11.2 Å². The van der Waals surface area contributed by atoms with Crippen LogP contribution in [0, 0.1) is 0 Å². The van der Waals surface area contributed by atoms with E-state index < -0.39 is 10.0 Å². The standard InChI is InChI=1S/C19H21N3O2S2/c1-3-16-8-9-19(25-16)26(23,24)22-12-14-6-4-5-7-17(14)18(13-22)15-10-20-21(2)11-15/h4-11,18H,3,12-13H2,1-2H3. The third-order valence-corrected chi connectivity index (χ3v) is 8.38. The Hall–Kier alpha value is -1.96. The first-order chi connectivity index (χ1) is 12.5. The predicted octanol–water partition coefficient (Wildman–Crippen LogP) is 3.38. The molecule has 1 atom stereocenters. The zero-order chi connectivity index (χ0) is 18.3. The van der Waals surface area contributed by atoms with Crippen molar-refractivity contribution in [2.24, 2.45) is 7.05 Å². The average Bonchev–Trinajstić information content (AvgIpc) is 3.30. The molecule has 3 aromatic rings. The number of hydrogen-bond donors (Lipinski definition) is 0. The minimum Gasteiger partial charge on any atom is -0.276 e. The topological polar surface area (TPSA) is 55.2 Å². The lowest BCUT2D eigenvalue weighted by atomic mass is 9.87. The zero-order valence-electron chi connectivity index (χ0n) is 14.8. The second-order valence-electron chi connectivity index (χ2n) is 6.57. The van der Waals surface area contributed by atoms with Crippen molar-refractivity contribution in [1.29, 1.82) is 0 Å². The van der Waals surface area contributed by atoms with Crippen molar-refractivity contribution >= 4 is 21.4 Å². The van der Waals surface area contributed by atoms with Crippen LogP contribution in [0.3, 0.4) is 0 Å². The molecule has 0 spiro atoms. The van der Waals surface area contributed by atoms with Gasteiger partial charge in [-0.25, -0.2) is 8.42 Å². The number of aromatic nitrogens is 2. The fourth-order valence-corrected chi connectivity index (χ4v) is 6.36. The lowest BCUT2D eigenvalue weighted by molar-refractivity contribution is 0.372. The molecule has 0 radical (unpaired) electrons. The van der Waals surface area contributed by atoms with E-state index in [1.54, 1.807) is 15.1 Å². The largest absolute Gasteiger partial charge is 0.276 e. The van der Waals surface area contributed by atoms with Gasteiger partial charge in [-0.15, -0.1) is 11.3 Å². The van der Waals surface area contributed by atoms with Gasteiger partial charge in [-0.05, 0) is 35.2 Å². The van der Waals surface area contributed by atoms with Crippen molar-refractivity contribution in [2.75, 3.05) is 6.54 Å². The van der Waals surface area contributed by atoms with E-state index in [1.165, 1.54) is 16.9 Å². The van der Waals surface area contributed by atoms with Crippen LogP contribution in [0.1, 0.15) is 34.4 Å². The minimum absolute atomic E-state index is 0.00553. The molecule has 0 aliphatic carbocycles. The molecule has 26 heavy (non-hydrogen) atoms. The summed E-state index contributed by atoms with van der Waals surface area (Å²) in [5.41, 5.74) is 3.29. The molecule has 0 saturated carbocycles. The van der Waals surface area contributed by atoms with E-state index in [-0.39, 0.29) is 5.92 Å². The monoisotopic (exact) mass is 387 g/mol. The first-order valence-corrected chi connectivity index (χ1v) is 10.9. The fraction of sp³-hybridized carbons (Fsp3) is 0.316. The number of thiophene rings is 1. The first-order valence-electron chi connectivity index (χ1n) is 8.64. The molecule has 136 valence electrons. The molecule has 0 N–H and O–H groups in total. The molecule has 0 saturated heterocycles. The summed E-state index contributed by atoms with van der Waals surface area (Å²) in [6.07, 6.45) is 4.65. The van der Waals surface area contributed by atoms with Crippen LogP contribution in [0.4, 0.5) is 0 Å². The van der Waals surface area contributed by atoms with Gasteiger partial charge < -0.3 is 0 Å². The smallest absolute Gasteiger partial charge is 0.252 e. The summed E-state index contributed by atoms with van der Waals surface area (Å²) in [7, 11) is -1.62. The Morgan fingerprint density at radius 1 is 1.23 bits per heavy atom. The molecule has 4 rings (SSSR count). The minimum atomic E-state index is -3.50. The summed E-state index contributed by atoms with van der Waals surface area (Å²) in [5, 5.41) is 4.28. The van der Waals surface area contributed by atoms with Gasteiger partial charge in [0.2, 0.25) is 0 Å². The molecule has 2 aromatic heterocycles. The zero-order valence-corrected chi connectivity index (χ0v) is 16.4. The highest BCUT2D eigenvalue weighted by molar-refractivity contribution is 7.91. The number of aryl methyl sites for hydroxylation is 2. The van der Waals surface area contributed by atoms with Crippen molar-refractivity contribution in [1.82, 2.24) is 14.1 Å². The Morgan fingerprint density at radius 3 is 2.73 bits per heavy atom. The maximum Gasteiger partial charge on any atom is 0.252 e. The van der Waals surface area contributed by atoms with Crippen LogP contribution in [0.5, 0.6) is 0 Å². The van der Waals surface area contributed by atoms with E-state index in [4.69, 9.17) is 0 Å². The van der Waals surface area contributed by atoms with E-state index in [1.807, 2.05) is 50.6 Å². The first kappa shape index (κ1) is 17.5. The Bertz CT molecular complexity index is 1040. The molecule has 0 fully saturated rings. The van der Waals surface area contributed by atoms with Crippen molar-refractivity contribution < 1.29 is 8.42 Å². The Kier molecular flexibility index (Phi) is 4.46. The molecule has 1 aromatic carbocycles. The van der Waals surface area contributed by atoms with Crippen molar-refractivity contribution in [3.63, 3.8) is 0 Å². The van der Waals surface area contributed by atoms with Crippen LogP contribution < -0.4 is 0 Å². The van der Waals surface area contributed by atoms with Crippen molar-refractivity contribution in [3.8, 4) is 0 Å². The molecule has 1 aliphatic rings. The Morgan fingerprint density at radius 2 is 2.04 bits per heavy atom. The van der Waals surface area contributed by atoms with Crippen molar-refractivity contribution in [2.45, 2.75) is 30.0 Å². The van der Waals surface area contributed by atoms with Gasteiger partial charge in [-0.3, -0.25) is 4.68 Å². The average molecular weight is 388 g/mol. The molecular weight excluding hydrogens is 366 g/mol. The summed E-state index contributed by atoms with van der Waals surface area (Å²) in [6, 6.07) is 11.7. The van der Waals surface area contributed by atoms with Gasteiger partial charge in [-0.2, -0.15) is 9.40 Å². The Labute approximate surface area is 157 Å². The second-order valence-corrected chi connectivity index (χ2v) is 9.90. The second kappa shape index (κ2) is 6.64. The van der Waals surface area contributed by atoms with E-state index in [0.29, 0.717) is 17.3 Å². The summed E-state index contributed by atoms with van der Waals surface area (Å²) in [5.74, 6) is -0.00553. The van der Waals surface area contributed by atoms with Crippen LogP contribution in [-0.4, -0.2) is 29.0 Å². The number of fused-ring (bicyclic) bond motifs is 1. The van der Waals surface area contributed by atoms with Gasteiger partial charge >= 0.3 is 0 Å². The van der Waals surface area contributed by atoms with E-state index in [9.17, 15) is 8.42 Å². The summed E-state index contributed by atoms with van der Waals surface area (Å²) in [4.78, 5) is 1.09. The van der Waals surface area contributed by atoms with Crippen LogP contribution in [0.2, 0.25) is 0 Å². The maximum absolute atomic E-state index is 13.2. The number of rotatable bonds is 4. The summed E-state index contributed by atoms with van der Waals surface area (Å²) in [6.45, 7) is 2.89. The molecule has 1 unspecified atom stereocenters. The molecule has 1 aliphatic heterocycles. The molecule has 0 bridgehead atoms. The highest BCUT2D eigenvalue weighted by atomic mass is 32.2. The summed E-state index contributed by atoms with van der Waals surface area (Å²) >= 11 is 1.37. The van der Waals surface area contributed by atoms with Crippen LogP contribution in [0.25, 0.3) is 0 Å².